The van der Waals surface area contributed by atoms with Gasteiger partial charge in [-0.1, -0.05) is 26.2 Å². The average Bonchev–Trinajstić information content (AvgIpc) is 2.41. The van der Waals surface area contributed by atoms with E-state index in [2.05, 4.69) is 12.2 Å². The third kappa shape index (κ3) is 3.40. The molecule has 0 aliphatic heterocycles. The number of carboxylic acid groups (broad SMARTS) is 1. The van der Waals surface area contributed by atoms with Gasteiger partial charge in [0.2, 0.25) is 0 Å². The summed E-state index contributed by atoms with van der Waals surface area (Å²) in [6.45, 7) is 2.23. The topological polar surface area (TPSA) is 75.3 Å². The SMILES string of the molecule is CCC1CCCC(Nc2ccc(N)c(C(=O)O)c2)C1. The fourth-order valence-electron chi connectivity index (χ4n) is 2.86. The van der Waals surface area contributed by atoms with E-state index in [1.807, 2.05) is 6.07 Å². The second-order valence-electron chi connectivity index (χ2n) is 5.39. The Morgan fingerprint density at radius 1 is 1.47 bits per heavy atom. The summed E-state index contributed by atoms with van der Waals surface area (Å²) in [5.41, 5.74) is 7.00. The fraction of sp³-hybridized carbons (Fsp3) is 0.533. The molecule has 0 aromatic heterocycles. The second kappa shape index (κ2) is 5.95. The molecule has 2 atom stereocenters. The molecule has 0 saturated heterocycles. The van der Waals surface area contributed by atoms with Gasteiger partial charge in [0.15, 0.2) is 0 Å². The van der Waals surface area contributed by atoms with Crippen molar-refractivity contribution in [3.05, 3.63) is 23.8 Å². The summed E-state index contributed by atoms with van der Waals surface area (Å²) in [7, 11) is 0. The third-order valence-corrected chi connectivity index (χ3v) is 4.01. The number of carbonyl (C=O) groups is 1. The number of anilines is 2. The van der Waals surface area contributed by atoms with Crippen LogP contribution >= 0.6 is 0 Å². The van der Waals surface area contributed by atoms with Gasteiger partial charge in [-0.3, -0.25) is 0 Å². The van der Waals surface area contributed by atoms with Crippen LogP contribution in [0.3, 0.4) is 0 Å². The number of rotatable bonds is 4. The second-order valence-corrected chi connectivity index (χ2v) is 5.39. The van der Waals surface area contributed by atoms with E-state index in [0.717, 1.165) is 18.0 Å². The van der Waals surface area contributed by atoms with Crippen LogP contribution in [0.25, 0.3) is 0 Å². The van der Waals surface area contributed by atoms with Crippen molar-refractivity contribution in [2.75, 3.05) is 11.1 Å². The van der Waals surface area contributed by atoms with Gasteiger partial charge in [-0.2, -0.15) is 0 Å². The fourth-order valence-corrected chi connectivity index (χ4v) is 2.86. The van der Waals surface area contributed by atoms with Crippen LogP contribution in [-0.2, 0) is 0 Å². The van der Waals surface area contributed by atoms with E-state index >= 15 is 0 Å². The minimum absolute atomic E-state index is 0.174. The Morgan fingerprint density at radius 3 is 2.95 bits per heavy atom. The molecule has 0 spiro atoms. The van der Waals surface area contributed by atoms with Crippen LogP contribution in [-0.4, -0.2) is 17.1 Å². The van der Waals surface area contributed by atoms with Crippen molar-refractivity contribution >= 4 is 17.3 Å². The lowest BCUT2D eigenvalue weighted by molar-refractivity contribution is 0.0698. The van der Waals surface area contributed by atoms with E-state index in [9.17, 15) is 4.79 Å². The maximum absolute atomic E-state index is 11.1. The molecule has 4 heteroatoms. The quantitative estimate of drug-likeness (QED) is 0.727. The minimum atomic E-state index is -0.976. The number of hydrogen-bond donors (Lipinski definition) is 3. The zero-order valence-corrected chi connectivity index (χ0v) is 11.4. The number of nitrogens with one attached hydrogen (secondary N) is 1. The van der Waals surface area contributed by atoms with Crippen molar-refractivity contribution in [3.8, 4) is 0 Å². The highest BCUT2D eigenvalue weighted by atomic mass is 16.4. The Labute approximate surface area is 114 Å². The maximum atomic E-state index is 11.1. The van der Waals surface area contributed by atoms with Crippen LogP contribution in [0.2, 0.25) is 0 Å². The molecule has 19 heavy (non-hydrogen) atoms. The Balaban J connectivity index is 2.06. The van der Waals surface area contributed by atoms with E-state index < -0.39 is 5.97 Å². The van der Waals surface area contributed by atoms with E-state index in [1.165, 1.54) is 25.7 Å². The van der Waals surface area contributed by atoms with Crippen LogP contribution in [0.1, 0.15) is 49.4 Å². The molecule has 2 unspecified atom stereocenters. The number of carboxylic acids is 1. The van der Waals surface area contributed by atoms with E-state index in [4.69, 9.17) is 10.8 Å². The monoisotopic (exact) mass is 262 g/mol. The molecular formula is C15H22N2O2. The van der Waals surface area contributed by atoms with Crippen LogP contribution in [0.5, 0.6) is 0 Å². The summed E-state index contributed by atoms with van der Waals surface area (Å²) in [5.74, 6) is -0.185. The molecule has 0 amide bonds. The van der Waals surface area contributed by atoms with Crippen LogP contribution in [0.4, 0.5) is 11.4 Å². The number of hydrogen-bond acceptors (Lipinski definition) is 3. The molecule has 0 radical (unpaired) electrons. The van der Waals surface area contributed by atoms with E-state index in [1.54, 1.807) is 12.1 Å². The largest absolute Gasteiger partial charge is 0.478 e. The third-order valence-electron chi connectivity index (χ3n) is 4.01. The molecule has 2 rings (SSSR count). The predicted molar refractivity (Wildman–Crippen MR) is 77.5 cm³/mol. The number of nitrogens with two attached hydrogens (primary N) is 1. The summed E-state index contributed by atoms with van der Waals surface area (Å²) < 4.78 is 0. The van der Waals surface area contributed by atoms with E-state index in [-0.39, 0.29) is 5.56 Å². The van der Waals surface area contributed by atoms with Gasteiger partial charge in [-0.15, -0.1) is 0 Å². The zero-order chi connectivity index (χ0) is 13.8. The molecule has 4 N–H and O–H groups in total. The molecule has 0 heterocycles. The van der Waals surface area contributed by atoms with Gasteiger partial charge in [-0.25, -0.2) is 4.79 Å². The van der Waals surface area contributed by atoms with Gasteiger partial charge in [0.1, 0.15) is 0 Å². The highest BCUT2D eigenvalue weighted by molar-refractivity contribution is 5.94. The lowest BCUT2D eigenvalue weighted by Crippen LogP contribution is -2.27. The van der Waals surface area contributed by atoms with E-state index in [0.29, 0.717) is 11.7 Å². The number of nitrogen functional groups attached to an aromatic ring is 1. The summed E-state index contributed by atoms with van der Waals surface area (Å²) >= 11 is 0. The van der Waals surface area contributed by atoms with Gasteiger partial charge in [0, 0.05) is 17.4 Å². The van der Waals surface area contributed by atoms with Gasteiger partial charge >= 0.3 is 5.97 Å². The highest BCUT2D eigenvalue weighted by Gasteiger charge is 2.20. The molecule has 104 valence electrons. The lowest BCUT2D eigenvalue weighted by atomic mass is 9.84. The summed E-state index contributed by atoms with van der Waals surface area (Å²) in [6.07, 6.45) is 6.11. The molecule has 4 nitrogen and oxygen atoms in total. The summed E-state index contributed by atoms with van der Waals surface area (Å²) in [5, 5.41) is 12.5. The first kappa shape index (κ1) is 13.7. The first-order valence-corrected chi connectivity index (χ1v) is 6.99. The first-order valence-electron chi connectivity index (χ1n) is 6.99. The lowest BCUT2D eigenvalue weighted by Gasteiger charge is -2.30. The first-order chi connectivity index (χ1) is 9.10. The molecular weight excluding hydrogens is 240 g/mol. The smallest absolute Gasteiger partial charge is 0.337 e. The van der Waals surface area contributed by atoms with Gasteiger partial charge in [0.25, 0.3) is 0 Å². The van der Waals surface area contributed by atoms with Crippen LogP contribution in [0.15, 0.2) is 18.2 Å². The highest BCUT2D eigenvalue weighted by Crippen LogP contribution is 2.29. The van der Waals surface area contributed by atoms with Gasteiger partial charge in [0.05, 0.1) is 5.56 Å². The molecule has 1 fully saturated rings. The van der Waals surface area contributed by atoms with Crippen molar-refractivity contribution in [2.24, 2.45) is 5.92 Å². The normalized spacial score (nSPS) is 23.0. The zero-order valence-electron chi connectivity index (χ0n) is 11.4. The Morgan fingerprint density at radius 2 is 2.26 bits per heavy atom. The number of benzene rings is 1. The average molecular weight is 262 g/mol. The molecule has 1 aromatic carbocycles. The van der Waals surface area contributed by atoms with Crippen molar-refractivity contribution < 1.29 is 9.90 Å². The molecule has 1 saturated carbocycles. The van der Waals surface area contributed by atoms with Crippen LogP contribution in [0, 0.1) is 5.92 Å². The number of aromatic carboxylic acids is 1. The van der Waals surface area contributed by atoms with Crippen molar-refractivity contribution in [1.29, 1.82) is 0 Å². The Hall–Kier alpha value is -1.71. The van der Waals surface area contributed by atoms with Crippen molar-refractivity contribution in [1.82, 2.24) is 0 Å². The minimum Gasteiger partial charge on any atom is -0.478 e. The predicted octanol–water partition coefficient (Wildman–Crippen LogP) is 3.35. The molecule has 1 aromatic rings. The Bertz CT molecular complexity index is 459. The standard InChI is InChI=1S/C15H22N2O2/c1-2-10-4-3-5-11(8-10)17-12-6-7-14(16)13(9-12)15(18)19/h6-7,9-11,17H,2-5,8,16H2,1H3,(H,18,19). The van der Waals surface area contributed by atoms with Crippen molar-refractivity contribution in [3.63, 3.8) is 0 Å². The maximum Gasteiger partial charge on any atom is 0.337 e. The molecule has 0 bridgehead atoms. The summed E-state index contributed by atoms with van der Waals surface area (Å²) in [6, 6.07) is 5.60. The molecule has 1 aliphatic rings. The van der Waals surface area contributed by atoms with Crippen molar-refractivity contribution in [2.45, 2.75) is 45.1 Å². The molecule has 1 aliphatic carbocycles. The van der Waals surface area contributed by atoms with Crippen LogP contribution < -0.4 is 11.1 Å². The summed E-state index contributed by atoms with van der Waals surface area (Å²) in [4.78, 5) is 11.1. The van der Waals surface area contributed by atoms with Gasteiger partial charge < -0.3 is 16.2 Å². The Kier molecular flexibility index (Phi) is 4.30. The van der Waals surface area contributed by atoms with Gasteiger partial charge in [-0.05, 0) is 37.0 Å².